The third kappa shape index (κ3) is 2.88. The first-order valence-corrected chi connectivity index (χ1v) is 6.58. The zero-order chi connectivity index (χ0) is 15.5. The van der Waals surface area contributed by atoms with Crippen LogP contribution < -0.4 is 4.74 Å². The smallest absolute Gasteiger partial charge is 0.363 e. The fourth-order valence-electron chi connectivity index (χ4n) is 2.01. The molecule has 0 aromatic heterocycles. The molecule has 0 atom stereocenters. The molecule has 0 amide bonds. The van der Waals surface area contributed by atoms with Gasteiger partial charge < -0.3 is 9.47 Å². The summed E-state index contributed by atoms with van der Waals surface area (Å²) in [6.45, 7) is 0. The molecule has 1 aliphatic heterocycles. The summed E-state index contributed by atoms with van der Waals surface area (Å²) in [6, 6.07) is 12.9. The third-order valence-electron chi connectivity index (χ3n) is 3.11. The zero-order valence-electron chi connectivity index (χ0n) is 11.7. The SMILES string of the molecule is COc1ccc(/C=C2\N=C(c3cccc(F)c3)OC2=O)cc1. The number of cyclic esters (lactones) is 1. The van der Waals surface area contributed by atoms with Crippen LogP contribution in [0.4, 0.5) is 4.39 Å². The predicted molar refractivity (Wildman–Crippen MR) is 80.0 cm³/mol. The monoisotopic (exact) mass is 297 g/mol. The lowest BCUT2D eigenvalue weighted by atomic mass is 10.2. The number of carbonyl (C=O) groups excluding carboxylic acids is 1. The zero-order valence-corrected chi connectivity index (χ0v) is 11.7. The summed E-state index contributed by atoms with van der Waals surface area (Å²) in [4.78, 5) is 16.0. The molecule has 0 radical (unpaired) electrons. The molecule has 1 aliphatic rings. The van der Waals surface area contributed by atoms with Gasteiger partial charge in [0, 0.05) is 5.56 Å². The molecule has 1 heterocycles. The van der Waals surface area contributed by atoms with Crippen LogP contribution in [0.15, 0.2) is 59.2 Å². The maximum absolute atomic E-state index is 13.2. The molecule has 0 unspecified atom stereocenters. The van der Waals surface area contributed by atoms with Crippen molar-refractivity contribution in [1.82, 2.24) is 0 Å². The second kappa shape index (κ2) is 5.81. The highest BCUT2D eigenvalue weighted by molar-refractivity contribution is 6.12. The van der Waals surface area contributed by atoms with Crippen molar-refractivity contribution in [2.45, 2.75) is 0 Å². The van der Waals surface area contributed by atoms with Gasteiger partial charge in [-0.25, -0.2) is 14.2 Å². The van der Waals surface area contributed by atoms with Crippen LogP contribution in [-0.4, -0.2) is 19.0 Å². The summed E-state index contributed by atoms with van der Waals surface area (Å²) in [7, 11) is 1.58. The van der Waals surface area contributed by atoms with Gasteiger partial charge in [0.05, 0.1) is 7.11 Å². The van der Waals surface area contributed by atoms with Gasteiger partial charge in [-0.1, -0.05) is 18.2 Å². The minimum absolute atomic E-state index is 0.101. The first kappa shape index (κ1) is 14.0. The van der Waals surface area contributed by atoms with E-state index < -0.39 is 11.8 Å². The Morgan fingerprint density at radius 2 is 1.95 bits per heavy atom. The Balaban J connectivity index is 1.90. The number of esters is 1. The van der Waals surface area contributed by atoms with Gasteiger partial charge >= 0.3 is 5.97 Å². The number of hydrogen-bond acceptors (Lipinski definition) is 4. The van der Waals surface area contributed by atoms with E-state index in [-0.39, 0.29) is 11.6 Å². The number of methoxy groups -OCH3 is 1. The molecule has 110 valence electrons. The summed E-state index contributed by atoms with van der Waals surface area (Å²) in [5.41, 5.74) is 1.38. The number of rotatable bonds is 3. The first-order chi connectivity index (χ1) is 10.7. The van der Waals surface area contributed by atoms with Crippen molar-refractivity contribution >= 4 is 17.9 Å². The van der Waals surface area contributed by atoms with E-state index in [9.17, 15) is 9.18 Å². The Morgan fingerprint density at radius 1 is 1.18 bits per heavy atom. The molecule has 2 aromatic carbocycles. The van der Waals surface area contributed by atoms with Gasteiger partial charge in [-0.15, -0.1) is 0 Å². The first-order valence-electron chi connectivity index (χ1n) is 6.58. The van der Waals surface area contributed by atoms with Gasteiger partial charge in [0.1, 0.15) is 11.6 Å². The fourth-order valence-corrected chi connectivity index (χ4v) is 2.01. The van der Waals surface area contributed by atoms with Gasteiger partial charge in [0.2, 0.25) is 5.90 Å². The molecule has 0 bridgehead atoms. The van der Waals surface area contributed by atoms with Crippen LogP contribution in [-0.2, 0) is 9.53 Å². The number of benzene rings is 2. The number of halogens is 1. The van der Waals surface area contributed by atoms with Crippen LogP contribution in [0.25, 0.3) is 6.08 Å². The molecule has 0 spiro atoms. The lowest BCUT2D eigenvalue weighted by molar-refractivity contribution is -0.129. The van der Waals surface area contributed by atoms with Gasteiger partial charge in [-0.2, -0.15) is 0 Å². The third-order valence-corrected chi connectivity index (χ3v) is 3.11. The van der Waals surface area contributed by atoms with Crippen molar-refractivity contribution in [2.75, 3.05) is 7.11 Å². The summed E-state index contributed by atoms with van der Waals surface area (Å²) >= 11 is 0. The topological polar surface area (TPSA) is 47.9 Å². The summed E-state index contributed by atoms with van der Waals surface area (Å²) < 4.78 is 23.4. The molecule has 0 fully saturated rings. The van der Waals surface area contributed by atoms with Gasteiger partial charge in [0.25, 0.3) is 0 Å². The Kier molecular flexibility index (Phi) is 3.70. The number of ether oxygens (including phenoxy) is 2. The predicted octanol–water partition coefficient (Wildman–Crippen LogP) is 3.18. The molecule has 0 saturated carbocycles. The van der Waals surface area contributed by atoms with E-state index in [1.54, 1.807) is 43.5 Å². The van der Waals surface area contributed by atoms with E-state index in [0.29, 0.717) is 5.56 Å². The number of aliphatic imine (C=N–C) groups is 1. The molecule has 0 saturated heterocycles. The van der Waals surface area contributed by atoms with Crippen LogP contribution in [0.1, 0.15) is 11.1 Å². The van der Waals surface area contributed by atoms with Gasteiger partial charge in [0.15, 0.2) is 5.70 Å². The molecule has 5 heteroatoms. The highest BCUT2D eigenvalue weighted by atomic mass is 19.1. The minimum atomic E-state index is -0.560. The van der Waals surface area contributed by atoms with Gasteiger partial charge in [-0.05, 0) is 42.0 Å². The lowest BCUT2D eigenvalue weighted by Crippen LogP contribution is -2.05. The summed E-state index contributed by atoms with van der Waals surface area (Å²) in [5.74, 6) is -0.150. The maximum Gasteiger partial charge on any atom is 0.363 e. The average molecular weight is 297 g/mol. The largest absolute Gasteiger partial charge is 0.497 e. The van der Waals surface area contributed by atoms with Crippen LogP contribution in [0.3, 0.4) is 0 Å². The Labute approximate surface area is 126 Å². The Hall–Kier alpha value is -2.95. The normalized spacial score (nSPS) is 15.6. The Bertz CT molecular complexity index is 779. The molecule has 4 nitrogen and oxygen atoms in total. The molecule has 0 N–H and O–H groups in total. The standard InChI is InChI=1S/C17H12FNO3/c1-21-14-7-5-11(6-8-14)9-15-17(20)22-16(19-15)12-3-2-4-13(18)10-12/h2-10H,1H3/b15-9-. The highest BCUT2D eigenvalue weighted by Gasteiger charge is 2.24. The quantitative estimate of drug-likeness (QED) is 0.646. The fraction of sp³-hybridized carbons (Fsp3) is 0.0588. The van der Waals surface area contributed by atoms with Crippen molar-refractivity contribution in [3.05, 3.63) is 71.2 Å². The highest BCUT2D eigenvalue weighted by Crippen LogP contribution is 2.20. The molecule has 3 rings (SSSR count). The van der Waals surface area contributed by atoms with Crippen LogP contribution in [0, 0.1) is 5.82 Å². The van der Waals surface area contributed by atoms with Crippen LogP contribution in [0.5, 0.6) is 5.75 Å². The van der Waals surface area contributed by atoms with Crippen LogP contribution in [0.2, 0.25) is 0 Å². The Morgan fingerprint density at radius 3 is 2.64 bits per heavy atom. The van der Waals surface area contributed by atoms with E-state index in [1.165, 1.54) is 18.2 Å². The number of carbonyl (C=O) groups is 1. The van der Waals surface area contributed by atoms with Gasteiger partial charge in [-0.3, -0.25) is 0 Å². The summed E-state index contributed by atoms with van der Waals surface area (Å²) in [6.07, 6.45) is 1.61. The van der Waals surface area contributed by atoms with Crippen molar-refractivity contribution < 1.29 is 18.7 Å². The van der Waals surface area contributed by atoms with Crippen molar-refractivity contribution in [3.8, 4) is 5.75 Å². The van der Waals surface area contributed by atoms with Crippen molar-refractivity contribution in [2.24, 2.45) is 4.99 Å². The molecule has 22 heavy (non-hydrogen) atoms. The second-order valence-corrected chi connectivity index (χ2v) is 4.62. The molecule has 0 aliphatic carbocycles. The van der Waals surface area contributed by atoms with E-state index in [4.69, 9.17) is 9.47 Å². The molecule has 2 aromatic rings. The van der Waals surface area contributed by atoms with E-state index in [0.717, 1.165) is 11.3 Å². The van der Waals surface area contributed by atoms with E-state index >= 15 is 0 Å². The second-order valence-electron chi connectivity index (χ2n) is 4.62. The summed E-state index contributed by atoms with van der Waals surface area (Å²) in [5, 5.41) is 0. The maximum atomic E-state index is 13.2. The average Bonchev–Trinajstić information content (AvgIpc) is 2.89. The van der Waals surface area contributed by atoms with Crippen LogP contribution >= 0.6 is 0 Å². The molecular weight excluding hydrogens is 285 g/mol. The van der Waals surface area contributed by atoms with Crippen molar-refractivity contribution in [3.63, 3.8) is 0 Å². The van der Waals surface area contributed by atoms with E-state index in [1.807, 2.05) is 0 Å². The molecular formula is C17H12FNO3. The number of nitrogens with zero attached hydrogens (tertiary/aromatic N) is 1. The number of hydrogen-bond donors (Lipinski definition) is 0. The van der Waals surface area contributed by atoms with E-state index in [2.05, 4.69) is 4.99 Å². The lowest BCUT2D eigenvalue weighted by Gasteiger charge is -1.99. The van der Waals surface area contributed by atoms with Crippen molar-refractivity contribution in [1.29, 1.82) is 0 Å². The minimum Gasteiger partial charge on any atom is -0.497 e.